The number of halogens is 1. The first kappa shape index (κ1) is 23.0. The van der Waals surface area contributed by atoms with E-state index in [-0.39, 0.29) is 18.0 Å². The van der Waals surface area contributed by atoms with Gasteiger partial charge in [-0.2, -0.15) is 0 Å². The van der Waals surface area contributed by atoms with E-state index in [0.717, 1.165) is 42.8 Å². The van der Waals surface area contributed by atoms with Crippen LogP contribution in [0.3, 0.4) is 0 Å². The summed E-state index contributed by atoms with van der Waals surface area (Å²) in [6.07, 6.45) is 5.09. The van der Waals surface area contributed by atoms with Crippen LogP contribution in [0.5, 0.6) is 0 Å². The van der Waals surface area contributed by atoms with Crippen molar-refractivity contribution in [2.24, 2.45) is 0 Å². The first-order chi connectivity index (χ1) is 18.1. The Morgan fingerprint density at radius 1 is 0.946 bits per heavy atom. The standard InChI is InChI=1S/C27H24FN7O2/c28-20-15-17-10-13-34(27(37)22-6-1-3-11-29-22)16-18(17)14-19(20)26(36)31-23-8-5-7-21(30-23)25-33-32-24-9-2-4-12-35(24)25/h1,3,5-8,11,14-15H,2,4,9-10,12-13,16H2,(H,30,31,36). The molecule has 2 aliphatic heterocycles. The van der Waals surface area contributed by atoms with Gasteiger partial charge in [0.2, 0.25) is 0 Å². The smallest absolute Gasteiger partial charge is 0.272 e. The van der Waals surface area contributed by atoms with Crippen molar-refractivity contribution in [3.8, 4) is 11.5 Å². The summed E-state index contributed by atoms with van der Waals surface area (Å²) in [6.45, 7) is 1.56. The van der Waals surface area contributed by atoms with Gasteiger partial charge in [0, 0.05) is 32.3 Å². The number of anilines is 1. The molecule has 2 amide bonds. The number of aryl methyl sites for hydroxylation is 1. The molecular formula is C27H24FN7O2. The summed E-state index contributed by atoms with van der Waals surface area (Å²) >= 11 is 0. The highest BCUT2D eigenvalue weighted by molar-refractivity contribution is 6.04. The van der Waals surface area contributed by atoms with Crippen LogP contribution >= 0.6 is 0 Å². The van der Waals surface area contributed by atoms with Gasteiger partial charge in [-0.05, 0) is 66.8 Å². The topological polar surface area (TPSA) is 106 Å². The number of fused-ring (bicyclic) bond motifs is 2. The molecule has 0 unspecified atom stereocenters. The molecular weight excluding hydrogens is 473 g/mol. The van der Waals surface area contributed by atoms with E-state index in [1.54, 1.807) is 41.4 Å². The van der Waals surface area contributed by atoms with Gasteiger partial charge in [-0.15, -0.1) is 10.2 Å². The minimum Gasteiger partial charge on any atom is -0.333 e. The fourth-order valence-corrected chi connectivity index (χ4v) is 4.89. The molecule has 0 saturated heterocycles. The number of hydrogen-bond donors (Lipinski definition) is 1. The molecule has 2 aliphatic rings. The van der Waals surface area contributed by atoms with Crippen molar-refractivity contribution in [2.45, 2.75) is 38.8 Å². The van der Waals surface area contributed by atoms with Crippen molar-refractivity contribution in [1.29, 1.82) is 0 Å². The molecule has 0 radical (unpaired) electrons. The second kappa shape index (κ2) is 9.53. The van der Waals surface area contributed by atoms with Gasteiger partial charge in [0.05, 0.1) is 5.56 Å². The highest BCUT2D eigenvalue weighted by Gasteiger charge is 2.25. The SMILES string of the molecule is O=C(Nc1cccc(-c2nnc3n2CCCC3)n1)c1cc2c(cc1F)CCN(C(=O)c1ccccn1)C2. The maximum absolute atomic E-state index is 14.9. The van der Waals surface area contributed by atoms with E-state index in [1.807, 2.05) is 6.07 Å². The van der Waals surface area contributed by atoms with Gasteiger partial charge < -0.3 is 14.8 Å². The van der Waals surface area contributed by atoms with Gasteiger partial charge in [0.25, 0.3) is 11.8 Å². The molecule has 10 heteroatoms. The minimum absolute atomic E-state index is 0.0991. The first-order valence-corrected chi connectivity index (χ1v) is 12.3. The third-order valence-corrected chi connectivity index (χ3v) is 6.80. The zero-order chi connectivity index (χ0) is 25.4. The molecule has 0 spiro atoms. The molecule has 0 fully saturated rings. The van der Waals surface area contributed by atoms with Crippen molar-refractivity contribution < 1.29 is 14.0 Å². The molecule has 0 atom stereocenters. The largest absolute Gasteiger partial charge is 0.333 e. The normalized spacial score (nSPS) is 14.6. The third-order valence-electron chi connectivity index (χ3n) is 6.80. The van der Waals surface area contributed by atoms with Crippen LogP contribution in [-0.4, -0.2) is 48.0 Å². The predicted octanol–water partition coefficient (Wildman–Crippen LogP) is 3.66. The zero-order valence-electron chi connectivity index (χ0n) is 20.0. The van der Waals surface area contributed by atoms with Crippen LogP contribution in [0.2, 0.25) is 0 Å². The molecule has 1 aromatic carbocycles. The van der Waals surface area contributed by atoms with Gasteiger partial charge in [0.1, 0.15) is 28.8 Å². The molecule has 9 nitrogen and oxygen atoms in total. The van der Waals surface area contributed by atoms with Crippen molar-refractivity contribution in [2.75, 3.05) is 11.9 Å². The molecule has 1 N–H and O–H groups in total. The number of rotatable bonds is 4. The second-order valence-electron chi connectivity index (χ2n) is 9.20. The number of hydrogen-bond acceptors (Lipinski definition) is 6. The molecule has 6 rings (SSSR count). The van der Waals surface area contributed by atoms with E-state index >= 15 is 0 Å². The zero-order valence-corrected chi connectivity index (χ0v) is 20.0. The van der Waals surface area contributed by atoms with Gasteiger partial charge in [-0.25, -0.2) is 9.37 Å². The predicted molar refractivity (Wildman–Crippen MR) is 133 cm³/mol. The number of carbonyl (C=O) groups excluding carboxylic acids is 2. The van der Waals surface area contributed by atoms with E-state index in [9.17, 15) is 14.0 Å². The average Bonchev–Trinajstić information content (AvgIpc) is 3.37. The third kappa shape index (κ3) is 4.46. The number of amides is 2. The maximum atomic E-state index is 14.9. The van der Waals surface area contributed by atoms with Gasteiger partial charge >= 0.3 is 0 Å². The van der Waals surface area contributed by atoms with E-state index in [1.165, 1.54) is 12.1 Å². The summed E-state index contributed by atoms with van der Waals surface area (Å²) in [5.41, 5.74) is 2.37. The molecule has 37 heavy (non-hydrogen) atoms. The Morgan fingerprint density at radius 2 is 1.86 bits per heavy atom. The Morgan fingerprint density at radius 3 is 2.73 bits per heavy atom. The molecule has 0 saturated carbocycles. The molecule has 4 aromatic rings. The van der Waals surface area contributed by atoms with Gasteiger partial charge in [-0.3, -0.25) is 14.6 Å². The first-order valence-electron chi connectivity index (χ1n) is 12.3. The Bertz CT molecular complexity index is 1500. The van der Waals surface area contributed by atoms with Crippen molar-refractivity contribution in [1.82, 2.24) is 29.6 Å². The van der Waals surface area contributed by atoms with Crippen LogP contribution in [0, 0.1) is 5.82 Å². The molecule has 0 bridgehead atoms. The summed E-state index contributed by atoms with van der Waals surface area (Å²) in [7, 11) is 0. The van der Waals surface area contributed by atoms with Crippen LogP contribution in [0.15, 0.2) is 54.7 Å². The van der Waals surface area contributed by atoms with E-state index < -0.39 is 11.7 Å². The molecule has 5 heterocycles. The lowest BCUT2D eigenvalue weighted by Crippen LogP contribution is -2.36. The molecule has 186 valence electrons. The average molecular weight is 498 g/mol. The van der Waals surface area contributed by atoms with E-state index in [2.05, 4.69) is 30.0 Å². The quantitative estimate of drug-likeness (QED) is 0.461. The lowest BCUT2D eigenvalue weighted by Gasteiger charge is -2.29. The highest BCUT2D eigenvalue weighted by atomic mass is 19.1. The number of nitrogens with one attached hydrogen (secondary N) is 1. The van der Waals surface area contributed by atoms with Crippen LogP contribution in [0.4, 0.5) is 10.2 Å². The number of pyridine rings is 2. The lowest BCUT2D eigenvalue weighted by atomic mass is 9.96. The fraction of sp³-hybridized carbons (Fsp3) is 0.259. The number of nitrogens with zero attached hydrogens (tertiary/aromatic N) is 6. The Balaban J connectivity index is 1.22. The fourth-order valence-electron chi connectivity index (χ4n) is 4.89. The van der Waals surface area contributed by atoms with Gasteiger partial charge in [0.15, 0.2) is 5.82 Å². The summed E-state index contributed by atoms with van der Waals surface area (Å²) in [6, 6.07) is 13.3. The summed E-state index contributed by atoms with van der Waals surface area (Å²) < 4.78 is 17.0. The van der Waals surface area contributed by atoms with Crippen LogP contribution in [0.25, 0.3) is 11.5 Å². The maximum Gasteiger partial charge on any atom is 0.272 e. The van der Waals surface area contributed by atoms with Crippen molar-refractivity contribution >= 4 is 17.6 Å². The molecule has 0 aliphatic carbocycles. The summed E-state index contributed by atoms with van der Waals surface area (Å²) in [4.78, 5) is 36.3. The van der Waals surface area contributed by atoms with Gasteiger partial charge in [-0.1, -0.05) is 12.1 Å². The lowest BCUT2D eigenvalue weighted by molar-refractivity contribution is 0.0728. The number of carbonyl (C=O) groups is 2. The Hall–Kier alpha value is -4.47. The summed E-state index contributed by atoms with van der Waals surface area (Å²) in [5.74, 6) is 0.468. The van der Waals surface area contributed by atoms with Crippen LogP contribution in [-0.2, 0) is 25.9 Å². The van der Waals surface area contributed by atoms with Crippen molar-refractivity contribution in [3.05, 3.63) is 88.8 Å². The van der Waals surface area contributed by atoms with Crippen LogP contribution in [0.1, 0.15) is 50.6 Å². The van der Waals surface area contributed by atoms with Crippen molar-refractivity contribution in [3.63, 3.8) is 0 Å². The monoisotopic (exact) mass is 497 g/mol. The van der Waals surface area contributed by atoms with Crippen LogP contribution < -0.4 is 5.32 Å². The second-order valence-corrected chi connectivity index (χ2v) is 9.20. The van der Waals surface area contributed by atoms with E-state index in [0.29, 0.717) is 36.0 Å². The Labute approximate surface area is 212 Å². The Kier molecular flexibility index (Phi) is 5.91. The molecule has 3 aromatic heterocycles. The summed E-state index contributed by atoms with van der Waals surface area (Å²) in [5, 5.41) is 11.3. The number of benzene rings is 1. The number of aromatic nitrogens is 5. The minimum atomic E-state index is -0.610. The van der Waals surface area contributed by atoms with E-state index in [4.69, 9.17) is 0 Å². The highest BCUT2D eigenvalue weighted by Crippen LogP contribution is 2.26.